The second kappa shape index (κ2) is 7.82. The number of rotatable bonds is 5. The van der Waals surface area contributed by atoms with E-state index in [4.69, 9.17) is 23.2 Å². The standard InChI is InChI=1S/C12H16Cl2N2O2S.ClH/c13-9-6-10(14)8-12(7-9)19(17,18)16-5-3-11-2-1-4-15-11;/h6-8,11,15-16H,1-5H2;1H/t11-;/m1./s1. The van der Waals surface area contributed by atoms with E-state index in [2.05, 4.69) is 10.0 Å². The van der Waals surface area contributed by atoms with Crippen molar-refractivity contribution in [1.82, 2.24) is 10.0 Å². The quantitative estimate of drug-likeness (QED) is 0.850. The van der Waals surface area contributed by atoms with E-state index in [1.54, 1.807) is 0 Å². The van der Waals surface area contributed by atoms with Gasteiger partial charge in [0.15, 0.2) is 0 Å². The maximum Gasteiger partial charge on any atom is 0.240 e. The predicted molar refractivity (Wildman–Crippen MR) is 84.5 cm³/mol. The van der Waals surface area contributed by atoms with Crippen molar-refractivity contribution in [2.75, 3.05) is 13.1 Å². The Bertz CT molecular complexity index is 525. The van der Waals surface area contributed by atoms with E-state index in [0.717, 1.165) is 25.8 Å². The second-order valence-corrected chi connectivity index (χ2v) is 7.22. The summed E-state index contributed by atoms with van der Waals surface area (Å²) >= 11 is 11.6. The Morgan fingerprint density at radius 1 is 1.25 bits per heavy atom. The molecule has 0 aromatic heterocycles. The fraction of sp³-hybridized carbons (Fsp3) is 0.500. The summed E-state index contributed by atoms with van der Waals surface area (Å²) < 4.78 is 26.7. The van der Waals surface area contributed by atoms with Gasteiger partial charge in [-0.05, 0) is 44.0 Å². The zero-order valence-corrected chi connectivity index (χ0v) is 13.9. The van der Waals surface area contributed by atoms with Gasteiger partial charge >= 0.3 is 0 Å². The van der Waals surface area contributed by atoms with Gasteiger partial charge in [-0.2, -0.15) is 0 Å². The molecule has 2 N–H and O–H groups in total. The summed E-state index contributed by atoms with van der Waals surface area (Å²) in [7, 11) is -3.54. The molecule has 1 saturated heterocycles. The van der Waals surface area contributed by atoms with Crippen LogP contribution in [-0.4, -0.2) is 27.5 Å². The molecule has 2 rings (SSSR count). The predicted octanol–water partition coefficient (Wildman–Crippen LogP) is 2.84. The third-order valence-electron chi connectivity index (χ3n) is 3.09. The number of benzene rings is 1. The molecule has 0 bridgehead atoms. The first-order chi connectivity index (χ1) is 8.97. The molecule has 1 heterocycles. The van der Waals surface area contributed by atoms with E-state index in [-0.39, 0.29) is 17.3 Å². The summed E-state index contributed by atoms with van der Waals surface area (Å²) in [5, 5.41) is 3.94. The SMILES string of the molecule is Cl.O=S(=O)(NCC[C@H]1CCCN1)c1cc(Cl)cc(Cl)c1. The molecule has 1 fully saturated rings. The van der Waals surface area contributed by atoms with Gasteiger partial charge in [0.2, 0.25) is 10.0 Å². The van der Waals surface area contributed by atoms with E-state index in [1.165, 1.54) is 18.2 Å². The van der Waals surface area contributed by atoms with Crippen LogP contribution in [0.5, 0.6) is 0 Å². The molecule has 8 heteroatoms. The molecule has 0 aliphatic carbocycles. The lowest BCUT2D eigenvalue weighted by Crippen LogP contribution is -2.30. The number of sulfonamides is 1. The normalized spacial score (nSPS) is 18.8. The van der Waals surface area contributed by atoms with Gasteiger partial charge in [-0.3, -0.25) is 0 Å². The Balaban J connectivity index is 0.00000200. The summed E-state index contributed by atoms with van der Waals surface area (Å²) in [5.41, 5.74) is 0. The van der Waals surface area contributed by atoms with Crippen LogP contribution >= 0.6 is 35.6 Å². The Morgan fingerprint density at radius 3 is 2.45 bits per heavy atom. The molecule has 0 saturated carbocycles. The zero-order valence-electron chi connectivity index (χ0n) is 10.7. The van der Waals surface area contributed by atoms with Gasteiger partial charge in [0.1, 0.15) is 0 Å². The van der Waals surface area contributed by atoms with Crippen molar-refractivity contribution in [3.05, 3.63) is 28.2 Å². The first-order valence-electron chi connectivity index (χ1n) is 6.16. The van der Waals surface area contributed by atoms with Crippen LogP contribution in [0.15, 0.2) is 23.1 Å². The molecule has 1 aliphatic rings. The molecule has 114 valence electrons. The van der Waals surface area contributed by atoms with Crippen LogP contribution in [0, 0.1) is 0 Å². The zero-order chi connectivity index (χ0) is 13.9. The van der Waals surface area contributed by atoms with Crippen LogP contribution in [0.2, 0.25) is 10.0 Å². The van der Waals surface area contributed by atoms with Crippen molar-refractivity contribution in [2.45, 2.75) is 30.2 Å². The minimum absolute atomic E-state index is 0. The monoisotopic (exact) mass is 358 g/mol. The lowest BCUT2D eigenvalue weighted by molar-refractivity contribution is 0.539. The molecule has 0 amide bonds. The highest BCUT2D eigenvalue weighted by Crippen LogP contribution is 2.22. The van der Waals surface area contributed by atoms with Gasteiger partial charge in [-0.1, -0.05) is 23.2 Å². The first-order valence-corrected chi connectivity index (χ1v) is 8.40. The maximum atomic E-state index is 12.1. The lowest BCUT2D eigenvalue weighted by atomic mass is 10.2. The number of hydrogen-bond acceptors (Lipinski definition) is 3. The summed E-state index contributed by atoms with van der Waals surface area (Å²) in [5.74, 6) is 0. The summed E-state index contributed by atoms with van der Waals surface area (Å²) in [4.78, 5) is 0.101. The van der Waals surface area contributed by atoms with Crippen LogP contribution in [0.3, 0.4) is 0 Å². The van der Waals surface area contributed by atoms with E-state index in [1.807, 2.05) is 0 Å². The van der Waals surface area contributed by atoms with Crippen LogP contribution in [-0.2, 0) is 10.0 Å². The number of hydrogen-bond donors (Lipinski definition) is 2. The second-order valence-electron chi connectivity index (χ2n) is 4.58. The summed E-state index contributed by atoms with van der Waals surface area (Å²) in [6, 6.07) is 4.70. The fourth-order valence-corrected chi connectivity index (χ4v) is 3.91. The van der Waals surface area contributed by atoms with Crippen molar-refractivity contribution in [2.24, 2.45) is 0 Å². The van der Waals surface area contributed by atoms with E-state index < -0.39 is 10.0 Å². The minimum atomic E-state index is -3.54. The molecule has 4 nitrogen and oxygen atoms in total. The average Bonchev–Trinajstić information content (AvgIpc) is 2.80. The molecule has 0 spiro atoms. The number of halogens is 3. The molecule has 20 heavy (non-hydrogen) atoms. The molecular weight excluding hydrogens is 343 g/mol. The van der Waals surface area contributed by atoms with E-state index in [0.29, 0.717) is 22.6 Å². The van der Waals surface area contributed by atoms with Crippen LogP contribution in [0.25, 0.3) is 0 Å². The van der Waals surface area contributed by atoms with E-state index >= 15 is 0 Å². The van der Waals surface area contributed by atoms with Gasteiger partial charge in [-0.25, -0.2) is 13.1 Å². The van der Waals surface area contributed by atoms with Crippen molar-refractivity contribution in [1.29, 1.82) is 0 Å². The van der Waals surface area contributed by atoms with Crippen molar-refractivity contribution < 1.29 is 8.42 Å². The fourth-order valence-electron chi connectivity index (χ4n) is 2.14. The summed E-state index contributed by atoms with van der Waals surface area (Å²) in [6.07, 6.45) is 3.04. The lowest BCUT2D eigenvalue weighted by Gasteiger charge is -2.11. The Labute approximate surface area is 135 Å². The minimum Gasteiger partial charge on any atom is -0.314 e. The molecule has 1 aromatic rings. The van der Waals surface area contributed by atoms with Crippen LogP contribution in [0.1, 0.15) is 19.3 Å². The Morgan fingerprint density at radius 2 is 1.90 bits per heavy atom. The molecule has 0 unspecified atom stereocenters. The largest absolute Gasteiger partial charge is 0.314 e. The molecule has 1 aliphatic heterocycles. The Hall–Kier alpha value is -0.0400. The average molecular weight is 360 g/mol. The van der Waals surface area contributed by atoms with Gasteiger partial charge in [-0.15, -0.1) is 12.4 Å². The van der Waals surface area contributed by atoms with Crippen LogP contribution in [0.4, 0.5) is 0 Å². The van der Waals surface area contributed by atoms with Gasteiger partial charge < -0.3 is 5.32 Å². The van der Waals surface area contributed by atoms with Crippen molar-refractivity contribution >= 4 is 45.6 Å². The molecule has 1 atom stereocenters. The highest BCUT2D eigenvalue weighted by Gasteiger charge is 2.18. The van der Waals surface area contributed by atoms with Crippen molar-refractivity contribution in [3.8, 4) is 0 Å². The molecular formula is C12H17Cl3N2O2S. The third-order valence-corrected chi connectivity index (χ3v) is 4.97. The summed E-state index contributed by atoms with van der Waals surface area (Å²) in [6.45, 7) is 1.42. The smallest absolute Gasteiger partial charge is 0.240 e. The first kappa shape index (κ1) is 18.0. The van der Waals surface area contributed by atoms with Crippen LogP contribution < -0.4 is 10.0 Å². The van der Waals surface area contributed by atoms with Gasteiger partial charge in [0.25, 0.3) is 0 Å². The van der Waals surface area contributed by atoms with E-state index in [9.17, 15) is 8.42 Å². The third kappa shape index (κ3) is 5.06. The van der Waals surface area contributed by atoms with Gasteiger partial charge in [0, 0.05) is 22.6 Å². The topological polar surface area (TPSA) is 58.2 Å². The highest BCUT2D eigenvalue weighted by atomic mass is 35.5. The maximum absolute atomic E-state index is 12.1. The molecule has 1 aromatic carbocycles. The Kier molecular flexibility index (Phi) is 7.04. The van der Waals surface area contributed by atoms with Crippen molar-refractivity contribution in [3.63, 3.8) is 0 Å². The van der Waals surface area contributed by atoms with Gasteiger partial charge in [0.05, 0.1) is 4.90 Å². The number of nitrogens with one attached hydrogen (secondary N) is 2. The molecule has 0 radical (unpaired) electrons. The highest BCUT2D eigenvalue weighted by molar-refractivity contribution is 7.89.